The number of carbonyl (C=O) groups is 1. The summed E-state index contributed by atoms with van der Waals surface area (Å²) < 4.78 is 43.2. The number of hydrogen-bond acceptors (Lipinski definition) is 5. The SMILES string of the molecule is Cn1cc(C(NC(=O)Cc2ccc(C3CC3)cc2)c2ccc(OCC(F)(F)F)cn2)nn1. The van der Waals surface area contributed by atoms with Crippen LogP contribution in [0.15, 0.2) is 48.8 Å². The maximum absolute atomic E-state index is 12.7. The summed E-state index contributed by atoms with van der Waals surface area (Å²) >= 11 is 0. The van der Waals surface area contributed by atoms with Crippen LogP contribution in [0.3, 0.4) is 0 Å². The Morgan fingerprint density at radius 2 is 1.94 bits per heavy atom. The zero-order valence-electron chi connectivity index (χ0n) is 17.3. The number of nitrogens with one attached hydrogen (secondary N) is 1. The summed E-state index contributed by atoms with van der Waals surface area (Å²) in [5, 5.41) is 10.9. The summed E-state index contributed by atoms with van der Waals surface area (Å²) in [6.07, 6.45) is 0.998. The smallest absolute Gasteiger partial charge is 0.422 e. The zero-order chi connectivity index (χ0) is 22.7. The van der Waals surface area contributed by atoms with Gasteiger partial charge < -0.3 is 10.1 Å². The third kappa shape index (κ3) is 5.83. The molecule has 7 nitrogen and oxygen atoms in total. The second-order valence-electron chi connectivity index (χ2n) is 7.83. The molecule has 3 aromatic rings. The van der Waals surface area contributed by atoms with Crippen molar-refractivity contribution >= 4 is 5.91 Å². The number of rotatable bonds is 8. The van der Waals surface area contributed by atoms with Crippen LogP contribution in [0.5, 0.6) is 5.75 Å². The fraction of sp³-hybridized carbons (Fsp3) is 0.364. The van der Waals surface area contributed by atoms with Crippen LogP contribution in [0, 0.1) is 0 Å². The molecule has 2 heterocycles. The number of aromatic nitrogens is 4. The van der Waals surface area contributed by atoms with Crippen LogP contribution in [0.1, 0.15) is 47.3 Å². The zero-order valence-corrected chi connectivity index (χ0v) is 17.3. The molecule has 1 aliphatic rings. The minimum atomic E-state index is -4.44. The quantitative estimate of drug-likeness (QED) is 0.574. The molecule has 0 aliphatic heterocycles. The van der Waals surface area contributed by atoms with Gasteiger partial charge >= 0.3 is 6.18 Å². The van der Waals surface area contributed by atoms with Crippen molar-refractivity contribution in [3.8, 4) is 5.75 Å². The molecule has 0 bridgehead atoms. The van der Waals surface area contributed by atoms with Gasteiger partial charge in [0.15, 0.2) is 6.61 Å². The van der Waals surface area contributed by atoms with Crippen LogP contribution in [0.4, 0.5) is 13.2 Å². The molecule has 0 radical (unpaired) electrons. The second-order valence-corrected chi connectivity index (χ2v) is 7.83. The molecule has 2 aromatic heterocycles. The molecule has 1 N–H and O–H groups in total. The Labute approximate surface area is 182 Å². The monoisotopic (exact) mass is 445 g/mol. The van der Waals surface area contributed by atoms with Gasteiger partial charge in [-0.15, -0.1) is 5.10 Å². The van der Waals surface area contributed by atoms with Crippen LogP contribution < -0.4 is 10.1 Å². The Morgan fingerprint density at radius 1 is 1.19 bits per heavy atom. The van der Waals surface area contributed by atoms with Gasteiger partial charge in [-0.3, -0.25) is 14.5 Å². The average Bonchev–Trinajstić information content (AvgIpc) is 3.52. The van der Waals surface area contributed by atoms with Crippen molar-refractivity contribution in [2.24, 2.45) is 7.05 Å². The molecular formula is C22H22F3N5O2. The fourth-order valence-corrected chi connectivity index (χ4v) is 3.33. The first-order chi connectivity index (χ1) is 15.3. The lowest BCUT2D eigenvalue weighted by atomic mass is 10.1. The number of ether oxygens (including phenoxy) is 1. The first kappa shape index (κ1) is 21.8. The molecule has 1 aromatic carbocycles. The van der Waals surface area contributed by atoms with E-state index in [4.69, 9.17) is 4.74 Å². The van der Waals surface area contributed by atoms with Crippen LogP contribution in [-0.4, -0.2) is 38.7 Å². The van der Waals surface area contributed by atoms with Gasteiger partial charge in [0.1, 0.15) is 17.5 Å². The van der Waals surface area contributed by atoms with Gasteiger partial charge in [0.25, 0.3) is 0 Å². The van der Waals surface area contributed by atoms with E-state index >= 15 is 0 Å². The van der Waals surface area contributed by atoms with Crippen LogP contribution in [0.25, 0.3) is 0 Å². The maximum Gasteiger partial charge on any atom is 0.422 e. The van der Waals surface area contributed by atoms with Crippen molar-refractivity contribution < 1.29 is 22.7 Å². The van der Waals surface area contributed by atoms with Gasteiger partial charge in [0, 0.05) is 7.05 Å². The number of pyridine rings is 1. The van der Waals surface area contributed by atoms with Gasteiger partial charge in [-0.1, -0.05) is 29.5 Å². The van der Waals surface area contributed by atoms with E-state index in [2.05, 4.69) is 32.7 Å². The Bertz CT molecular complexity index is 1060. The molecule has 1 fully saturated rings. The molecule has 10 heteroatoms. The number of nitrogens with zero attached hydrogens (tertiary/aromatic N) is 4. The number of carbonyl (C=O) groups excluding carboxylic acids is 1. The first-order valence-electron chi connectivity index (χ1n) is 10.2. The van der Waals surface area contributed by atoms with Gasteiger partial charge in [-0.05, 0) is 42.0 Å². The fourth-order valence-electron chi connectivity index (χ4n) is 3.33. The van der Waals surface area contributed by atoms with E-state index in [9.17, 15) is 18.0 Å². The van der Waals surface area contributed by atoms with E-state index in [0.29, 0.717) is 17.3 Å². The standard InChI is InChI=1S/C22H22F3N5O2/c1-30-12-19(28-29-30)21(18-9-8-17(11-26-18)32-13-22(23,24)25)27-20(31)10-14-2-4-15(5-3-14)16-6-7-16/h2-5,8-9,11-12,16,21H,6-7,10,13H2,1H3,(H,27,31). The third-order valence-electron chi connectivity index (χ3n) is 5.07. The van der Waals surface area contributed by atoms with Crippen LogP contribution in [0.2, 0.25) is 0 Å². The molecule has 1 atom stereocenters. The van der Waals surface area contributed by atoms with Crippen LogP contribution in [-0.2, 0) is 18.3 Å². The lowest BCUT2D eigenvalue weighted by Crippen LogP contribution is -2.31. The Balaban J connectivity index is 1.46. The Kier molecular flexibility index (Phi) is 6.11. The number of alkyl halides is 3. The van der Waals surface area contributed by atoms with Gasteiger partial charge in [-0.25, -0.2) is 0 Å². The topological polar surface area (TPSA) is 81.9 Å². The normalized spacial score (nSPS) is 14.8. The van der Waals surface area contributed by atoms with Crippen molar-refractivity contribution in [1.29, 1.82) is 0 Å². The molecule has 1 unspecified atom stereocenters. The highest BCUT2D eigenvalue weighted by atomic mass is 19.4. The molecule has 0 spiro atoms. The molecule has 1 saturated carbocycles. The lowest BCUT2D eigenvalue weighted by Gasteiger charge is -2.17. The molecule has 1 amide bonds. The van der Waals surface area contributed by atoms with Crippen molar-refractivity contribution in [3.05, 3.63) is 71.3 Å². The summed E-state index contributed by atoms with van der Waals surface area (Å²) in [4.78, 5) is 16.9. The third-order valence-corrected chi connectivity index (χ3v) is 5.07. The second kappa shape index (κ2) is 8.97. The summed E-state index contributed by atoms with van der Waals surface area (Å²) in [5.41, 5.74) is 3.04. The highest BCUT2D eigenvalue weighted by Crippen LogP contribution is 2.39. The summed E-state index contributed by atoms with van der Waals surface area (Å²) in [6.45, 7) is -1.40. The van der Waals surface area contributed by atoms with Crippen LogP contribution >= 0.6 is 0 Å². The average molecular weight is 445 g/mol. The number of hydrogen-bond donors (Lipinski definition) is 1. The predicted molar refractivity (Wildman–Crippen MR) is 109 cm³/mol. The maximum atomic E-state index is 12.7. The summed E-state index contributed by atoms with van der Waals surface area (Å²) in [6, 6.07) is 10.2. The largest absolute Gasteiger partial charge is 0.483 e. The minimum absolute atomic E-state index is 0.0222. The predicted octanol–water partition coefficient (Wildman–Crippen LogP) is 3.48. The minimum Gasteiger partial charge on any atom is -0.483 e. The molecule has 0 saturated heterocycles. The van der Waals surface area contributed by atoms with E-state index in [1.54, 1.807) is 13.2 Å². The summed E-state index contributed by atoms with van der Waals surface area (Å²) in [5.74, 6) is 0.387. The number of benzene rings is 1. The number of aryl methyl sites for hydroxylation is 1. The lowest BCUT2D eigenvalue weighted by molar-refractivity contribution is -0.153. The van der Waals surface area contributed by atoms with E-state index in [1.807, 2.05) is 12.1 Å². The summed E-state index contributed by atoms with van der Waals surface area (Å²) in [7, 11) is 1.69. The van der Waals surface area contributed by atoms with Gasteiger partial charge in [0.2, 0.25) is 5.91 Å². The molecule has 1 aliphatic carbocycles. The van der Waals surface area contributed by atoms with E-state index in [1.165, 1.54) is 41.4 Å². The van der Waals surface area contributed by atoms with E-state index in [0.717, 1.165) is 5.56 Å². The van der Waals surface area contributed by atoms with Gasteiger partial charge in [-0.2, -0.15) is 13.2 Å². The van der Waals surface area contributed by atoms with Crippen molar-refractivity contribution in [3.63, 3.8) is 0 Å². The van der Waals surface area contributed by atoms with Gasteiger partial charge in [0.05, 0.1) is 24.5 Å². The van der Waals surface area contributed by atoms with E-state index < -0.39 is 18.8 Å². The molecule has 32 heavy (non-hydrogen) atoms. The molecule has 4 rings (SSSR count). The molecule has 168 valence electrons. The highest BCUT2D eigenvalue weighted by Gasteiger charge is 2.29. The van der Waals surface area contributed by atoms with Crippen molar-refractivity contribution in [1.82, 2.24) is 25.3 Å². The molecular weight excluding hydrogens is 423 g/mol. The number of amides is 1. The Morgan fingerprint density at radius 3 is 2.50 bits per heavy atom. The highest BCUT2D eigenvalue weighted by molar-refractivity contribution is 5.79. The first-order valence-corrected chi connectivity index (χ1v) is 10.2. The van der Waals surface area contributed by atoms with Crippen molar-refractivity contribution in [2.75, 3.05) is 6.61 Å². The van der Waals surface area contributed by atoms with Crippen molar-refractivity contribution in [2.45, 2.75) is 37.4 Å². The Hall–Kier alpha value is -3.43. The van der Waals surface area contributed by atoms with E-state index in [-0.39, 0.29) is 18.1 Å². The number of halogens is 3.